The average molecular weight is 272 g/mol. The zero-order valence-corrected chi connectivity index (χ0v) is 12.0. The van der Waals surface area contributed by atoms with Gasteiger partial charge in [0.1, 0.15) is 0 Å². The largest absolute Gasteiger partial charge is 0.340 e. The highest BCUT2D eigenvalue weighted by atomic mass is 32.2. The molecule has 0 aliphatic heterocycles. The molecule has 1 aromatic rings. The number of thioether (sulfide) groups is 1. The SMILES string of the molecule is CCC(N)CSCC(=O)N(C)Cc1cccs1. The quantitative estimate of drug-likeness (QED) is 0.827. The maximum atomic E-state index is 11.8. The van der Waals surface area contributed by atoms with Gasteiger partial charge < -0.3 is 10.6 Å². The Morgan fingerprint density at radius 1 is 1.65 bits per heavy atom. The van der Waals surface area contributed by atoms with Gasteiger partial charge in [-0.15, -0.1) is 11.3 Å². The second-order valence-corrected chi connectivity index (χ2v) is 6.08. The van der Waals surface area contributed by atoms with E-state index >= 15 is 0 Å². The van der Waals surface area contributed by atoms with Crippen LogP contribution in [0.2, 0.25) is 0 Å². The van der Waals surface area contributed by atoms with E-state index < -0.39 is 0 Å². The summed E-state index contributed by atoms with van der Waals surface area (Å²) in [6.07, 6.45) is 0.965. The van der Waals surface area contributed by atoms with Crippen molar-refractivity contribution in [2.75, 3.05) is 18.6 Å². The van der Waals surface area contributed by atoms with Gasteiger partial charge in [-0.2, -0.15) is 11.8 Å². The predicted molar refractivity (Wildman–Crippen MR) is 76.4 cm³/mol. The summed E-state index contributed by atoms with van der Waals surface area (Å²) < 4.78 is 0. The number of amides is 1. The maximum absolute atomic E-state index is 11.8. The molecule has 17 heavy (non-hydrogen) atoms. The standard InChI is InChI=1S/C12H20N2OS2/c1-3-10(13)8-16-9-12(15)14(2)7-11-5-4-6-17-11/h4-6,10H,3,7-9,13H2,1-2H3. The van der Waals surface area contributed by atoms with Gasteiger partial charge in [0.2, 0.25) is 5.91 Å². The molecule has 0 spiro atoms. The van der Waals surface area contributed by atoms with Crippen molar-refractivity contribution in [2.24, 2.45) is 5.73 Å². The van der Waals surface area contributed by atoms with Crippen molar-refractivity contribution in [3.05, 3.63) is 22.4 Å². The lowest BCUT2D eigenvalue weighted by molar-refractivity contribution is -0.127. The Morgan fingerprint density at radius 2 is 2.41 bits per heavy atom. The normalized spacial score (nSPS) is 12.4. The van der Waals surface area contributed by atoms with Crippen molar-refractivity contribution in [1.29, 1.82) is 0 Å². The van der Waals surface area contributed by atoms with Crippen LogP contribution in [0.15, 0.2) is 17.5 Å². The van der Waals surface area contributed by atoms with E-state index in [0.29, 0.717) is 12.3 Å². The molecule has 1 amide bonds. The van der Waals surface area contributed by atoms with Crippen molar-refractivity contribution >= 4 is 29.0 Å². The molecule has 0 aliphatic carbocycles. The fraction of sp³-hybridized carbons (Fsp3) is 0.583. The first-order valence-corrected chi connectivity index (χ1v) is 7.76. The molecule has 1 aromatic heterocycles. The number of carbonyl (C=O) groups excluding carboxylic acids is 1. The number of nitrogens with zero attached hydrogens (tertiary/aromatic N) is 1. The zero-order chi connectivity index (χ0) is 12.7. The van der Waals surface area contributed by atoms with E-state index in [2.05, 4.69) is 13.0 Å². The second-order valence-electron chi connectivity index (χ2n) is 4.01. The molecule has 96 valence electrons. The zero-order valence-electron chi connectivity index (χ0n) is 10.4. The van der Waals surface area contributed by atoms with Crippen LogP contribution in [0.25, 0.3) is 0 Å². The minimum atomic E-state index is 0.173. The highest BCUT2D eigenvalue weighted by Gasteiger charge is 2.10. The Hall–Kier alpha value is -0.520. The van der Waals surface area contributed by atoms with Crippen LogP contribution in [0, 0.1) is 0 Å². The topological polar surface area (TPSA) is 46.3 Å². The molecule has 0 radical (unpaired) electrons. The summed E-state index contributed by atoms with van der Waals surface area (Å²) in [5.74, 6) is 1.55. The Labute approximate surface area is 111 Å². The van der Waals surface area contributed by atoms with Crippen LogP contribution in [0.3, 0.4) is 0 Å². The molecule has 0 aliphatic rings. The van der Waals surface area contributed by atoms with Gasteiger partial charge >= 0.3 is 0 Å². The van der Waals surface area contributed by atoms with Crippen LogP contribution < -0.4 is 5.73 Å². The number of nitrogens with two attached hydrogens (primary N) is 1. The molecular weight excluding hydrogens is 252 g/mol. The number of carbonyl (C=O) groups is 1. The van der Waals surface area contributed by atoms with E-state index in [1.54, 1.807) is 28.0 Å². The van der Waals surface area contributed by atoms with E-state index in [4.69, 9.17) is 5.73 Å². The molecule has 1 unspecified atom stereocenters. The monoisotopic (exact) mass is 272 g/mol. The molecule has 0 saturated carbocycles. The minimum absolute atomic E-state index is 0.173. The molecular formula is C12H20N2OS2. The van der Waals surface area contributed by atoms with Gasteiger partial charge in [0.05, 0.1) is 12.3 Å². The van der Waals surface area contributed by atoms with Crippen LogP contribution >= 0.6 is 23.1 Å². The average Bonchev–Trinajstić information content (AvgIpc) is 2.81. The number of hydrogen-bond donors (Lipinski definition) is 1. The van der Waals surface area contributed by atoms with Gasteiger partial charge in [-0.3, -0.25) is 4.79 Å². The van der Waals surface area contributed by atoms with Crippen LogP contribution in [0.4, 0.5) is 0 Å². The van der Waals surface area contributed by atoms with Crippen molar-refractivity contribution < 1.29 is 4.79 Å². The number of rotatable bonds is 7. The first-order valence-electron chi connectivity index (χ1n) is 5.73. The molecule has 1 atom stereocenters. The third-order valence-electron chi connectivity index (χ3n) is 2.48. The van der Waals surface area contributed by atoms with Gasteiger partial charge in [0.15, 0.2) is 0 Å². The Kier molecular flexibility index (Phi) is 6.62. The summed E-state index contributed by atoms with van der Waals surface area (Å²) in [6.45, 7) is 2.77. The summed E-state index contributed by atoms with van der Waals surface area (Å²) >= 11 is 3.30. The van der Waals surface area contributed by atoms with E-state index in [1.807, 2.05) is 18.5 Å². The predicted octanol–water partition coefficient (Wildman–Crippen LogP) is 2.18. The third kappa shape index (κ3) is 5.57. The second kappa shape index (κ2) is 7.74. The van der Waals surface area contributed by atoms with Gasteiger partial charge in [-0.25, -0.2) is 0 Å². The fourth-order valence-electron chi connectivity index (χ4n) is 1.25. The summed E-state index contributed by atoms with van der Waals surface area (Å²) in [6, 6.07) is 4.26. The Morgan fingerprint density at radius 3 is 3.00 bits per heavy atom. The summed E-state index contributed by atoms with van der Waals surface area (Å²) in [7, 11) is 1.85. The number of hydrogen-bond acceptors (Lipinski definition) is 4. The lowest BCUT2D eigenvalue weighted by atomic mass is 10.3. The van der Waals surface area contributed by atoms with Crippen molar-refractivity contribution in [1.82, 2.24) is 4.90 Å². The van der Waals surface area contributed by atoms with Gasteiger partial charge in [0, 0.05) is 23.7 Å². The highest BCUT2D eigenvalue weighted by Crippen LogP contribution is 2.12. The lowest BCUT2D eigenvalue weighted by Gasteiger charge is -2.16. The molecule has 1 heterocycles. The highest BCUT2D eigenvalue weighted by molar-refractivity contribution is 7.99. The van der Waals surface area contributed by atoms with Crippen molar-refractivity contribution in [3.63, 3.8) is 0 Å². The molecule has 0 fully saturated rings. The molecule has 0 aromatic carbocycles. The van der Waals surface area contributed by atoms with E-state index in [1.165, 1.54) is 4.88 Å². The van der Waals surface area contributed by atoms with Crippen LogP contribution in [0.1, 0.15) is 18.2 Å². The first kappa shape index (κ1) is 14.5. The Balaban J connectivity index is 2.23. The summed E-state index contributed by atoms with van der Waals surface area (Å²) in [5, 5.41) is 2.03. The molecule has 1 rings (SSSR count). The van der Waals surface area contributed by atoms with Crippen molar-refractivity contribution in [2.45, 2.75) is 25.9 Å². The fourth-order valence-corrected chi connectivity index (χ4v) is 3.06. The number of thiophene rings is 1. The summed E-state index contributed by atoms with van der Waals surface area (Å²) in [4.78, 5) is 14.8. The van der Waals surface area contributed by atoms with Gasteiger partial charge in [0.25, 0.3) is 0 Å². The third-order valence-corrected chi connectivity index (χ3v) is 4.46. The molecule has 2 N–H and O–H groups in total. The Bertz CT molecular complexity index is 327. The van der Waals surface area contributed by atoms with Gasteiger partial charge in [-0.1, -0.05) is 13.0 Å². The van der Waals surface area contributed by atoms with E-state index in [-0.39, 0.29) is 11.9 Å². The van der Waals surface area contributed by atoms with Crippen molar-refractivity contribution in [3.8, 4) is 0 Å². The smallest absolute Gasteiger partial charge is 0.232 e. The minimum Gasteiger partial charge on any atom is -0.340 e. The molecule has 3 nitrogen and oxygen atoms in total. The lowest BCUT2D eigenvalue weighted by Crippen LogP contribution is -2.29. The van der Waals surface area contributed by atoms with E-state index in [9.17, 15) is 4.79 Å². The van der Waals surface area contributed by atoms with Gasteiger partial charge in [-0.05, 0) is 17.9 Å². The van der Waals surface area contributed by atoms with Crippen LogP contribution in [0.5, 0.6) is 0 Å². The molecule has 5 heteroatoms. The molecule has 0 bridgehead atoms. The first-order chi connectivity index (χ1) is 8.13. The van der Waals surface area contributed by atoms with Crippen LogP contribution in [-0.4, -0.2) is 35.4 Å². The van der Waals surface area contributed by atoms with Crippen LogP contribution in [-0.2, 0) is 11.3 Å². The van der Waals surface area contributed by atoms with E-state index in [0.717, 1.165) is 12.2 Å². The summed E-state index contributed by atoms with van der Waals surface area (Å²) in [5.41, 5.74) is 5.80. The molecule has 0 saturated heterocycles. The maximum Gasteiger partial charge on any atom is 0.232 e.